The number of nitrogens with zero attached hydrogens (tertiary/aromatic N) is 1. The van der Waals surface area contributed by atoms with Gasteiger partial charge in [0.2, 0.25) is 0 Å². The number of rotatable bonds is 5. The molecule has 0 atom stereocenters. The van der Waals surface area contributed by atoms with E-state index >= 15 is 0 Å². The maximum atomic E-state index is 8.65. The van der Waals surface area contributed by atoms with Gasteiger partial charge in [0.05, 0.1) is 24.3 Å². The number of hydrogen-bond acceptors (Lipinski definition) is 4. The number of anilines is 1. The number of nitriles is 1. The van der Waals surface area contributed by atoms with Crippen LogP contribution in [0.15, 0.2) is 42.5 Å². The Hall–Kier alpha value is -2.67. The highest BCUT2D eigenvalue weighted by molar-refractivity contribution is 5.56. The van der Waals surface area contributed by atoms with E-state index in [1.807, 2.05) is 38.1 Å². The highest BCUT2D eigenvalue weighted by atomic mass is 16.5. The lowest BCUT2D eigenvalue weighted by molar-refractivity contribution is 0.243. The summed E-state index contributed by atoms with van der Waals surface area (Å²) in [6, 6.07) is 14.9. The first-order valence-electron chi connectivity index (χ1n) is 6.78. The van der Waals surface area contributed by atoms with E-state index in [4.69, 9.17) is 20.5 Å². The van der Waals surface area contributed by atoms with E-state index in [2.05, 4.69) is 6.07 Å². The van der Waals surface area contributed by atoms with Gasteiger partial charge in [-0.1, -0.05) is 12.1 Å². The predicted octanol–water partition coefficient (Wildman–Crippen LogP) is 3.91. The molecular weight excluding hydrogens is 264 g/mol. The van der Waals surface area contributed by atoms with Crippen molar-refractivity contribution in [1.29, 1.82) is 5.26 Å². The van der Waals surface area contributed by atoms with Crippen molar-refractivity contribution in [1.82, 2.24) is 0 Å². The molecule has 0 saturated carbocycles. The van der Waals surface area contributed by atoms with E-state index in [9.17, 15) is 0 Å². The van der Waals surface area contributed by atoms with E-state index in [1.54, 1.807) is 18.2 Å². The Balaban J connectivity index is 2.14. The summed E-state index contributed by atoms with van der Waals surface area (Å²) in [5, 5.41) is 8.65. The van der Waals surface area contributed by atoms with Crippen LogP contribution in [0.4, 0.5) is 5.69 Å². The van der Waals surface area contributed by atoms with Gasteiger partial charge in [-0.05, 0) is 43.7 Å². The predicted molar refractivity (Wildman–Crippen MR) is 82.5 cm³/mol. The van der Waals surface area contributed by atoms with Gasteiger partial charge in [-0.25, -0.2) is 0 Å². The largest absolute Gasteiger partial charge is 0.489 e. The molecule has 0 aromatic heterocycles. The Morgan fingerprint density at radius 3 is 2.38 bits per heavy atom. The average molecular weight is 282 g/mol. The highest BCUT2D eigenvalue weighted by Crippen LogP contribution is 2.30. The molecule has 21 heavy (non-hydrogen) atoms. The lowest BCUT2D eigenvalue weighted by Gasteiger charge is -2.14. The molecule has 0 heterocycles. The molecule has 2 N–H and O–H groups in total. The normalized spacial score (nSPS) is 10.2. The number of ether oxygens (including phenoxy) is 2. The van der Waals surface area contributed by atoms with Crippen molar-refractivity contribution in [3.63, 3.8) is 0 Å². The van der Waals surface area contributed by atoms with Crippen LogP contribution in [0.1, 0.15) is 19.4 Å². The Labute approximate surface area is 124 Å². The van der Waals surface area contributed by atoms with Gasteiger partial charge in [-0.2, -0.15) is 5.26 Å². The van der Waals surface area contributed by atoms with Crippen molar-refractivity contribution >= 4 is 5.69 Å². The molecule has 0 fully saturated rings. The molecular formula is C17H18N2O2. The molecule has 0 spiro atoms. The van der Waals surface area contributed by atoms with Crippen LogP contribution in [0.2, 0.25) is 0 Å². The summed E-state index contributed by atoms with van der Waals surface area (Å²) in [5.74, 6) is 1.98. The Kier molecular flexibility index (Phi) is 4.68. The van der Waals surface area contributed by atoms with Gasteiger partial charge in [0.15, 0.2) is 0 Å². The summed E-state index contributed by atoms with van der Waals surface area (Å²) >= 11 is 0. The van der Waals surface area contributed by atoms with Crippen molar-refractivity contribution in [2.75, 3.05) is 5.73 Å². The first-order valence-corrected chi connectivity index (χ1v) is 6.78. The average Bonchev–Trinajstić information content (AvgIpc) is 2.44. The molecule has 2 rings (SSSR count). The second-order valence-electron chi connectivity index (χ2n) is 4.95. The number of hydrogen-bond donors (Lipinski definition) is 1. The summed E-state index contributed by atoms with van der Waals surface area (Å²) < 4.78 is 11.4. The summed E-state index contributed by atoms with van der Waals surface area (Å²) in [5.41, 5.74) is 7.42. The fraction of sp³-hybridized carbons (Fsp3) is 0.235. The maximum absolute atomic E-state index is 8.65. The SMILES string of the molecule is CC(C)Oc1cc(Oc2ccc(CC#N)cc2)ccc1N. The third-order valence-corrected chi connectivity index (χ3v) is 2.79. The summed E-state index contributed by atoms with van der Waals surface area (Å²) in [7, 11) is 0. The topological polar surface area (TPSA) is 68.3 Å². The minimum Gasteiger partial charge on any atom is -0.489 e. The van der Waals surface area contributed by atoms with Gasteiger partial charge in [0, 0.05) is 6.07 Å². The molecule has 0 radical (unpaired) electrons. The minimum absolute atomic E-state index is 0.0489. The lowest BCUT2D eigenvalue weighted by Crippen LogP contribution is -2.07. The summed E-state index contributed by atoms with van der Waals surface area (Å²) in [6.07, 6.45) is 0.446. The molecule has 4 nitrogen and oxygen atoms in total. The van der Waals surface area contributed by atoms with E-state index in [1.165, 1.54) is 0 Å². The molecule has 0 bridgehead atoms. The zero-order valence-corrected chi connectivity index (χ0v) is 12.2. The first-order chi connectivity index (χ1) is 10.1. The van der Waals surface area contributed by atoms with Gasteiger partial charge in [0.1, 0.15) is 17.2 Å². The van der Waals surface area contributed by atoms with Crippen LogP contribution in [0.25, 0.3) is 0 Å². The number of nitrogens with two attached hydrogens (primary N) is 1. The van der Waals surface area contributed by atoms with Crippen molar-refractivity contribution in [3.05, 3.63) is 48.0 Å². The quantitative estimate of drug-likeness (QED) is 0.844. The molecule has 0 aliphatic heterocycles. The molecule has 0 aliphatic rings. The molecule has 108 valence electrons. The van der Waals surface area contributed by atoms with Crippen LogP contribution in [0.3, 0.4) is 0 Å². The first kappa shape index (κ1) is 14.7. The fourth-order valence-corrected chi connectivity index (χ4v) is 1.84. The zero-order valence-electron chi connectivity index (χ0n) is 12.2. The third kappa shape index (κ3) is 4.15. The molecule has 2 aromatic rings. The van der Waals surface area contributed by atoms with E-state index in [-0.39, 0.29) is 6.10 Å². The van der Waals surface area contributed by atoms with Crippen molar-refractivity contribution < 1.29 is 9.47 Å². The van der Waals surface area contributed by atoms with Crippen molar-refractivity contribution in [2.24, 2.45) is 0 Å². The highest BCUT2D eigenvalue weighted by Gasteiger charge is 2.06. The van der Waals surface area contributed by atoms with Gasteiger partial charge in [0.25, 0.3) is 0 Å². The van der Waals surface area contributed by atoms with Gasteiger partial charge in [-0.3, -0.25) is 0 Å². The smallest absolute Gasteiger partial charge is 0.146 e. The molecule has 0 amide bonds. The van der Waals surface area contributed by atoms with E-state index in [0.717, 1.165) is 5.56 Å². The summed E-state index contributed by atoms with van der Waals surface area (Å²) in [4.78, 5) is 0. The van der Waals surface area contributed by atoms with Crippen LogP contribution >= 0.6 is 0 Å². The number of nitrogen functional groups attached to an aromatic ring is 1. The van der Waals surface area contributed by atoms with Crippen LogP contribution in [0.5, 0.6) is 17.2 Å². The van der Waals surface area contributed by atoms with E-state index < -0.39 is 0 Å². The monoisotopic (exact) mass is 282 g/mol. The van der Waals surface area contributed by atoms with Crippen molar-refractivity contribution in [2.45, 2.75) is 26.4 Å². The maximum Gasteiger partial charge on any atom is 0.146 e. The lowest BCUT2D eigenvalue weighted by atomic mass is 10.2. The van der Waals surface area contributed by atoms with E-state index in [0.29, 0.717) is 29.4 Å². The van der Waals surface area contributed by atoms with Gasteiger partial charge < -0.3 is 15.2 Å². The Morgan fingerprint density at radius 1 is 1.10 bits per heavy atom. The molecule has 2 aromatic carbocycles. The molecule has 0 saturated heterocycles. The summed E-state index contributed by atoms with van der Waals surface area (Å²) in [6.45, 7) is 3.89. The molecule has 0 unspecified atom stereocenters. The second-order valence-corrected chi connectivity index (χ2v) is 4.95. The van der Waals surface area contributed by atoms with Crippen LogP contribution < -0.4 is 15.2 Å². The zero-order chi connectivity index (χ0) is 15.2. The Bertz CT molecular complexity index is 643. The van der Waals surface area contributed by atoms with Crippen LogP contribution in [0, 0.1) is 11.3 Å². The minimum atomic E-state index is 0.0489. The molecule has 4 heteroatoms. The number of benzene rings is 2. The van der Waals surface area contributed by atoms with Gasteiger partial charge >= 0.3 is 0 Å². The van der Waals surface area contributed by atoms with Crippen LogP contribution in [-0.4, -0.2) is 6.10 Å². The molecule has 0 aliphatic carbocycles. The Morgan fingerprint density at radius 2 is 1.76 bits per heavy atom. The van der Waals surface area contributed by atoms with Crippen LogP contribution in [-0.2, 0) is 6.42 Å². The third-order valence-electron chi connectivity index (χ3n) is 2.79. The van der Waals surface area contributed by atoms with Gasteiger partial charge in [-0.15, -0.1) is 0 Å². The second kappa shape index (κ2) is 6.67. The fourth-order valence-electron chi connectivity index (χ4n) is 1.84. The standard InChI is InChI=1S/C17H18N2O2/c1-12(2)20-17-11-15(7-8-16(17)19)21-14-5-3-13(4-6-14)9-10-18/h3-8,11-12H,9,19H2,1-2H3. The van der Waals surface area contributed by atoms with Crippen molar-refractivity contribution in [3.8, 4) is 23.3 Å².